The molecule has 1 aliphatic rings. The molecule has 6 nitrogen and oxygen atoms in total. The summed E-state index contributed by atoms with van der Waals surface area (Å²) in [6, 6.07) is 15.5. The monoisotopic (exact) mass is 402 g/mol. The van der Waals surface area contributed by atoms with E-state index in [1.165, 1.54) is 0 Å². The number of hydrogen-bond acceptors (Lipinski definition) is 3. The fourth-order valence-electron chi connectivity index (χ4n) is 3.93. The molecule has 2 amide bonds. The largest absolute Gasteiger partial charge is 0.339 e. The van der Waals surface area contributed by atoms with E-state index in [1.807, 2.05) is 73.5 Å². The van der Waals surface area contributed by atoms with Gasteiger partial charge in [-0.1, -0.05) is 36.4 Å². The molecule has 30 heavy (non-hydrogen) atoms. The number of hydrogen-bond donors (Lipinski definition) is 1. The summed E-state index contributed by atoms with van der Waals surface area (Å²) in [6.07, 6.45) is 4.00. The summed E-state index contributed by atoms with van der Waals surface area (Å²) in [5.74, 6) is -0.137. The molecule has 3 aromatic rings. The van der Waals surface area contributed by atoms with Gasteiger partial charge in [0.25, 0.3) is 5.91 Å². The minimum atomic E-state index is -0.175. The number of likely N-dealkylation sites (tertiary alicyclic amines) is 1. The molecule has 2 heterocycles. The third kappa shape index (κ3) is 4.13. The summed E-state index contributed by atoms with van der Waals surface area (Å²) in [5, 5.41) is 7.43. The summed E-state index contributed by atoms with van der Waals surface area (Å²) < 4.78 is 1.65. The van der Waals surface area contributed by atoms with Gasteiger partial charge in [0.15, 0.2) is 0 Å². The Kier molecular flexibility index (Phi) is 5.65. The van der Waals surface area contributed by atoms with Crippen LogP contribution in [-0.4, -0.2) is 39.6 Å². The lowest BCUT2D eigenvalue weighted by atomic mass is 10.1. The number of aromatic nitrogens is 2. The number of benzene rings is 2. The van der Waals surface area contributed by atoms with Crippen LogP contribution in [0, 0.1) is 13.8 Å². The molecule has 0 spiro atoms. The van der Waals surface area contributed by atoms with Crippen molar-refractivity contribution in [1.82, 2.24) is 14.7 Å². The van der Waals surface area contributed by atoms with Crippen LogP contribution in [0.3, 0.4) is 0 Å². The number of anilines is 1. The highest BCUT2D eigenvalue weighted by Crippen LogP contribution is 2.24. The van der Waals surface area contributed by atoms with Crippen molar-refractivity contribution in [2.45, 2.75) is 33.2 Å². The number of nitrogens with one attached hydrogen (secondary N) is 1. The minimum absolute atomic E-state index is 0.0382. The first kappa shape index (κ1) is 19.9. The van der Waals surface area contributed by atoms with Gasteiger partial charge in [-0.2, -0.15) is 5.10 Å². The van der Waals surface area contributed by atoms with Gasteiger partial charge >= 0.3 is 0 Å². The second kappa shape index (κ2) is 8.53. The normalized spacial score (nSPS) is 13.5. The van der Waals surface area contributed by atoms with Crippen molar-refractivity contribution in [3.8, 4) is 11.1 Å². The van der Waals surface area contributed by atoms with Crippen molar-refractivity contribution in [1.29, 1.82) is 0 Å². The van der Waals surface area contributed by atoms with E-state index in [9.17, 15) is 9.59 Å². The van der Waals surface area contributed by atoms with Crippen molar-refractivity contribution in [2.24, 2.45) is 0 Å². The van der Waals surface area contributed by atoms with E-state index in [0.717, 1.165) is 48.3 Å². The fraction of sp³-hybridized carbons (Fsp3) is 0.292. The number of carbonyl (C=O) groups excluding carboxylic acids is 2. The Bertz CT molecular complexity index is 1070. The van der Waals surface area contributed by atoms with E-state index < -0.39 is 0 Å². The SMILES string of the molecule is Cc1nn(CC(=O)Nc2cccc(C(=O)N3CCCC3)c2C)cc1-c1ccccc1. The molecule has 154 valence electrons. The number of amides is 2. The van der Waals surface area contributed by atoms with Gasteiger partial charge in [0, 0.05) is 36.1 Å². The first-order valence-corrected chi connectivity index (χ1v) is 10.3. The fourth-order valence-corrected chi connectivity index (χ4v) is 3.93. The predicted octanol–water partition coefficient (Wildman–Crippen LogP) is 4.04. The van der Waals surface area contributed by atoms with Gasteiger partial charge < -0.3 is 10.2 Å². The highest BCUT2D eigenvalue weighted by molar-refractivity contribution is 5.99. The molecule has 0 aliphatic carbocycles. The van der Waals surface area contributed by atoms with E-state index in [2.05, 4.69) is 10.4 Å². The van der Waals surface area contributed by atoms with Crippen LogP contribution in [0.2, 0.25) is 0 Å². The maximum absolute atomic E-state index is 12.8. The Morgan fingerprint density at radius 1 is 1.00 bits per heavy atom. The molecule has 1 aliphatic heterocycles. The first-order chi connectivity index (χ1) is 14.5. The average Bonchev–Trinajstić information content (AvgIpc) is 3.40. The number of rotatable bonds is 5. The van der Waals surface area contributed by atoms with Gasteiger partial charge in [-0.3, -0.25) is 14.3 Å². The smallest absolute Gasteiger partial charge is 0.254 e. The van der Waals surface area contributed by atoms with Crippen molar-refractivity contribution in [3.63, 3.8) is 0 Å². The molecule has 1 fully saturated rings. The molecule has 4 rings (SSSR count). The predicted molar refractivity (Wildman–Crippen MR) is 117 cm³/mol. The summed E-state index contributed by atoms with van der Waals surface area (Å²) >= 11 is 0. The van der Waals surface area contributed by atoms with Crippen LogP contribution >= 0.6 is 0 Å². The van der Waals surface area contributed by atoms with E-state index in [0.29, 0.717) is 11.3 Å². The van der Waals surface area contributed by atoms with Crippen LogP contribution < -0.4 is 5.32 Å². The van der Waals surface area contributed by atoms with Crippen LogP contribution in [0.4, 0.5) is 5.69 Å². The summed E-state index contributed by atoms with van der Waals surface area (Å²) in [6.45, 7) is 5.53. The molecule has 0 unspecified atom stereocenters. The average molecular weight is 402 g/mol. The molecular weight excluding hydrogens is 376 g/mol. The third-order valence-electron chi connectivity index (χ3n) is 5.57. The molecule has 1 saturated heterocycles. The van der Waals surface area contributed by atoms with E-state index in [4.69, 9.17) is 0 Å². The summed E-state index contributed by atoms with van der Waals surface area (Å²) in [4.78, 5) is 27.3. The molecule has 6 heteroatoms. The Hall–Kier alpha value is -3.41. The van der Waals surface area contributed by atoms with E-state index >= 15 is 0 Å². The van der Waals surface area contributed by atoms with E-state index in [1.54, 1.807) is 4.68 Å². The highest BCUT2D eigenvalue weighted by atomic mass is 16.2. The van der Waals surface area contributed by atoms with Crippen molar-refractivity contribution >= 4 is 17.5 Å². The third-order valence-corrected chi connectivity index (χ3v) is 5.57. The molecule has 0 bridgehead atoms. The maximum Gasteiger partial charge on any atom is 0.254 e. The maximum atomic E-state index is 12.8. The Labute approximate surface area is 176 Å². The number of carbonyl (C=O) groups is 2. The van der Waals surface area contributed by atoms with Gasteiger partial charge in [-0.25, -0.2) is 0 Å². The van der Waals surface area contributed by atoms with E-state index in [-0.39, 0.29) is 18.4 Å². The summed E-state index contributed by atoms with van der Waals surface area (Å²) in [7, 11) is 0. The first-order valence-electron chi connectivity index (χ1n) is 10.3. The van der Waals surface area contributed by atoms with Crippen LogP contribution in [0.1, 0.15) is 34.5 Å². The van der Waals surface area contributed by atoms with Crippen LogP contribution in [0.15, 0.2) is 54.7 Å². The standard InChI is InChI=1S/C24H26N4O2/c1-17-20(24(30)27-13-6-7-14-27)11-8-12-22(17)25-23(29)16-28-15-21(18(2)26-28)19-9-4-3-5-10-19/h3-5,8-12,15H,6-7,13-14,16H2,1-2H3,(H,25,29). The molecule has 0 saturated carbocycles. The molecule has 2 aromatic carbocycles. The molecule has 1 aromatic heterocycles. The lowest BCUT2D eigenvalue weighted by Crippen LogP contribution is -2.28. The van der Waals surface area contributed by atoms with Crippen molar-refractivity contribution < 1.29 is 9.59 Å². The zero-order chi connectivity index (χ0) is 21.1. The lowest BCUT2D eigenvalue weighted by molar-refractivity contribution is -0.116. The molecule has 0 atom stereocenters. The van der Waals surface area contributed by atoms with Gasteiger partial charge in [0.2, 0.25) is 5.91 Å². The summed E-state index contributed by atoms with van der Waals surface area (Å²) in [5.41, 5.74) is 5.07. The lowest BCUT2D eigenvalue weighted by Gasteiger charge is -2.18. The second-order valence-corrected chi connectivity index (χ2v) is 7.72. The second-order valence-electron chi connectivity index (χ2n) is 7.72. The molecule has 1 N–H and O–H groups in total. The van der Waals surface area contributed by atoms with Crippen molar-refractivity contribution in [2.75, 3.05) is 18.4 Å². The Morgan fingerprint density at radius 3 is 2.47 bits per heavy atom. The van der Waals surface area contributed by atoms with Gasteiger partial charge in [0.05, 0.1) is 5.69 Å². The quantitative estimate of drug-likeness (QED) is 0.700. The van der Waals surface area contributed by atoms with Gasteiger partial charge in [-0.05, 0) is 49.9 Å². The zero-order valence-corrected chi connectivity index (χ0v) is 17.4. The number of aryl methyl sites for hydroxylation is 1. The zero-order valence-electron chi connectivity index (χ0n) is 17.4. The number of nitrogens with zero attached hydrogens (tertiary/aromatic N) is 3. The Morgan fingerprint density at radius 2 is 1.73 bits per heavy atom. The molecule has 0 radical (unpaired) electrons. The minimum Gasteiger partial charge on any atom is -0.339 e. The van der Waals surface area contributed by atoms with Gasteiger partial charge in [-0.15, -0.1) is 0 Å². The highest BCUT2D eigenvalue weighted by Gasteiger charge is 2.22. The van der Waals surface area contributed by atoms with Crippen molar-refractivity contribution in [3.05, 3.63) is 71.5 Å². The van der Waals surface area contributed by atoms with Crippen LogP contribution in [-0.2, 0) is 11.3 Å². The van der Waals surface area contributed by atoms with Gasteiger partial charge in [0.1, 0.15) is 6.54 Å². The van der Waals surface area contributed by atoms with Crippen LogP contribution in [0.25, 0.3) is 11.1 Å². The Balaban J connectivity index is 1.47. The van der Waals surface area contributed by atoms with Crippen LogP contribution in [0.5, 0.6) is 0 Å². The topological polar surface area (TPSA) is 67.2 Å². The molecular formula is C24H26N4O2.